The average Bonchev–Trinajstić information content (AvgIpc) is 3.07. The van der Waals surface area contributed by atoms with Gasteiger partial charge in [-0.2, -0.15) is 5.10 Å². The molecule has 0 amide bonds. The third kappa shape index (κ3) is 2.78. The normalized spacial score (nSPS) is 12.8. The number of thiophene rings is 1. The highest BCUT2D eigenvalue weighted by Gasteiger charge is 2.07. The van der Waals surface area contributed by atoms with E-state index in [1.165, 1.54) is 11.3 Å². The average molecular weight is 289 g/mol. The maximum absolute atomic E-state index is 11.8. The summed E-state index contributed by atoms with van der Waals surface area (Å²) in [4.78, 5) is 19.1. The smallest absolute Gasteiger partial charge is 0.268 e. The van der Waals surface area contributed by atoms with E-state index < -0.39 is 0 Å². The Labute approximate surface area is 119 Å². The molecule has 7 heteroatoms. The lowest BCUT2D eigenvalue weighted by molar-refractivity contribution is 0.445. The van der Waals surface area contributed by atoms with E-state index in [0.717, 1.165) is 12.1 Å². The number of H-pyrrole nitrogens is 1. The minimum absolute atomic E-state index is 0.0680. The molecule has 1 unspecified atom stereocenters. The SMILES string of the molecule is CC(Cn1cccn1)NCc1nc2ccsc2c(=O)[nH]1. The number of hydrogen-bond donors (Lipinski definition) is 2. The van der Waals surface area contributed by atoms with Gasteiger partial charge in [0.05, 0.1) is 18.6 Å². The molecule has 0 saturated carbocycles. The lowest BCUT2D eigenvalue weighted by Gasteiger charge is -2.13. The Morgan fingerprint density at radius 3 is 3.25 bits per heavy atom. The summed E-state index contributed by atoms with van der Waals surface area (Å²) in [6, 6.07) is 4.00. The van der Waals surface area contributed by atoms with Crippen molar-refractivity contribution in [3.63, 3.8) is 0 Å². The van der Waals surface area contributed by atoms with Crippen molar-refractivity contribution in [3.8, 4) is 0 Å². The maximum Gasteiger partial charge on any atom is 0.268 e. The summed E-state index contributed by atoms with van der Waals surface area (Å²) in [5.41, 5.74) is 0.691. The fourth-order valence-electron chi connectivity index (χ4n) is 2.03. The van der Waals surface area contributed by atoms with E-state index in [0.29, 0.717) is 17.1 Å². The molecule has 0 bridgehead atoms. The van der Waals surface area contributed by atoms with Crippen molar-refractivity contribution in [2.75, 3.05) is 0 Å². The van der Waals surface area contributed by atoms with Crippen LogP contribution in [-0.4, -0.2) is 25.8 Å². The first-order valence-corrected chi connectivity index (χ1v) is 7.27. The highest BCUT2D eigenvalue weighted by atomic mass is 32.1. The van der Waals surface area contributed by atoms with Crippen molar-refractivity contribution < 1.29 is 0 Å². The van der Waals surface area contributed by atoms with Gasteiger partial charge in [0.2, 0.25) is 0 Å². The summed E-state index contributed by atoms with van der Waals surface area (Å²) in [6.07, 6.45) is 3.69. The van der Waals surface area contributed by atoms with E-state index in [1.807, 2.05) is 28.4 Å². The molecule has 6 nitrogen and oxygen atoms in total. The molecule has 3 heterocycles. The van der Waals surface area contributed by atoms with Crippen molar-refractivity contribution in [2.24, 2.45) is 0 Å². The van der Waals surface area contributed by atoms with Crippen LogP contribution in [0.5, 0.6) is 0 Å². The highest BCUT2D eigenvalue weighted by Crippen LogP contribution is 2.13. The lowest BCUT2D eigenvalue weighted by atomic mass is 10.3. The van der Waals surface area contributed by atoms with Gasteiger partial charge in [0.25, 0.3) is 5.56 Å². The molecular formula is C13H15N5OS. The number of nitrogens with one attached hydrogen (secondary N) is 2. The van der Waals surface area contributed by atoms with Crippen molar-refractivity contribution in [3.05, 3.63) is 46.1 Å². The van der Waals surface area contributed by atoms with Gasteiger partial charge >= 0.3 is 0 Å². The number of aromatic nitrogens is 4. The lowest BCUT2D eigenvalue weighted by Crippen LogP contribution is -2.31. The third-order valence-corrected chi connectivity index (χ3v) is 3.90. The molecule has 20 heavy (non-hydrogen) atoms. The molecule has 3 aromatic heterocycles. The van der Waals surface area contributed by atoms with Crippen molar-refractivity contribution in [2.45, 2.75) is 26.1 Å². The number of hydrogen-bond acceptors (Lipinski definition) is 5. The van der Waals surface area contributed by atoms with Crippen LogP contribution in [0, 0.1) is 0 Å². The predicted molar refractivity (Wildman–Crippen MR) is 78.8 cm³/mol. The second kappa shape index (κ2) is 5.56. The van der Waals surface area contributed by atoms with Gasteiger partial charge in [0, 0.05) is 18.4 Å². The summed E-state index contributed by atoms with van der Waals surface area (Å²) in [7, 11) is 0. The Bertz CT molecular complexity index is 746. The third-order valence-electron chi connectivity index (χ3n) is 3.00. The van der Waals surface area contributed by atoms with E-state index in [4.69, 9.17) is 0 Å². The highest BCUT2D eigenvalue weighted by molar-refractivity contribution is 7.17. The predicted octanol–water partition coefficient (Wildman–Crippen LogP) is 1.36. The minimum atomic E-state index is -0.0680. The molecule has 1 atom stereocenters. The van der Waals surface area contributed by atoms with Crippen LogP contribution in [0.4, 0.5) is 0 Å². The molecule has 0 fully saturated rings. The van der Waals surface area contributed by atoms with Gasteiger partial charge in [-0.1, -0.05) is 0 Å². The van der Waals surface area contributed by atoms with Crippen LogP contribution in [0.3, 0.4) is 0 Å². The molecule has 0 aliphatic heterocycles. The van der Waals surface area contributed by atoms with Crippen LogP contribution >= 0.6 is 11.3 Å². The number of aromatic amines is 1. The summed E-state index contributed by atoms with van der Waals surface area (Å²) in [5.74, 6) is 0.660. The van der Waals surface area contributed by atoms with Gasteiger partial charge < -0.3 is 10.3 Å². The van der Waals surface area contributed by atoms with Crippen molar-refractivity contribution in [1.29, 1.82) is 0 Å². The fraction of sp³-hybridized carbons (Fsp3) is 0.308. The first kappa shape index (κ1) is 13.0. The molecular weight excluding hydrogens is 274 g/mol. The fourth-order valence-corrected chi connectivity index (χ4v) is 2.76. The summed E-state index contributed by atoms with van der Waals surface area (Å²) < 4.78 is 2.55. The Morgan fingerprint density at radius 1 is 1.55 bits per heavy atom. The van der Waals surface area contributed by atoms with Crippen LogP contribution in [0.25, 0.3) is 10.2 Å². The zero-order chi connectivity index (χ0) is 13.9. The van der Waals surface area contributed by atoms with E-state index in [1.54, 1.807) is 6.20 Å². The van der Waals surface area contributed by atoms with Gasteiger partial charge in [-0.05, 0) is 24.4 Å². The second-order valence-corrected chi connectivity index (χ2v) is 5.57. The van der Waals surface area contributed by atoms with Gasteiger partial charge in [-0.3, -0.25) is 9.48 Å². The largest absolute Gasteiger partial charge is 0.308 e. The maximum atomic E-state index is 11.8. The van der Waals surface area contributed by atoms with Gasteiger partial charge in [-0.15, -0.1) is 11.3 Å². The van der Waals surface area contributed by atoms with Gasteiger partial charge in [0.1, 0.15) is 10.5 Å². The zero-order valence-corrected chi connectivity index (χ0v) is 11.9. The molecule has 104 valence electrons. The monoisotopic (exact) mass is 289 g/mol. The molecule has 0 aliphatic rings. The first-order chi connectivity index (χ1) is 9.72. The molecule has 0 radical (unpaired) electrons. The van der Waals surface area contributed by atoms with E-state index in [9.17, 15) is 4.79 Å². The molecule has 0 aliphatic carbocycles. The van der Waals surface area contributed by atoms with E-state index in [-0.39, 0.29) is 11.6 Å². The van der Waals surface area contributed by atoms with Crippen LogP contribution in [0.15, 0.2) is 34.7 Å². The summed E-state index contributed by atoms with van der Waals surface area (Å²) >= 11 is 1.41. The molecule has 0 saturated heterocycles. The molecule has 0 aromatic carbocycles. The molecule has 2 N–H and O–H groups in total. The summed E-state index contributed by atoms with van der Waals surface area (Å²) in [6.45, 7) is 3.38. The molecule has 0 spiro atoms. The van der Waals surface area contributed by atoms with Crippen LogP contribution in [-0.2, 0) is 13.1 Å². The minimum Gasteiger partial charge on any atom is -0.308 e. The quantitative estimate of drug-likeness (QED) is 0.743. The first-order valence-electron chi connectivity index (χ1n) is 6.39. The zero-order valence-electron chi connectivity index (χ0n) is 11.0. The topological polar surface area (TPSA) is 75.6 Å². The Balaban J connectivity index is 1.66. The number of rotatable bonds is 5. The van der Waals surface area contributed by atoms with Gasteiger partial charge in [0.15, 0.2) is 0 Å². The molecule has 3 aromatic rings. The van der Waals surface area contributed by atoms with Crippen LogP contribution < -0.4 is 10.9 Å². The Hall–Kier alpha value is -1.99. The standard InChI is InChI=1S/C13H15N5OS/c1-9(8-18-5-2-4-15-18)14-7-11-16-10-3-6-20-12(10)13(19)17-11/h2-6,9,14H,7-8H2,1H3,(H,16,17,19). The second-order valence-electron chi connectivity index (χ2n) is 4.66. The summed E-state index contributed by atoms with van der Waals surface area (Å²) in [5, 5.41) is 9.37. The Kier molecular flexibility index (Phi) is 3.62. The van der Waals surface area contributed by atoms with Crippen LogP contribution in [0.2, 0.25) is 0 Å². The van der Waals surface area contributed by atoms with E-state index >= 15 is 0 Å². The number of fused-ring (bicyclic) bond motifs is 1. The number of nitrogens with zero attached hydrogens (tertiary/aromatic N) is 3. The Morgan fingerprint density at radius 2 is 2.45 bits per heavy atom. The van der Waals surface area contributed by atoms with Crippen molar-refractivity contribution >= 4 is 21.6 Å². The van der Waals surface area contributed by atoms with Crippen LogP contribution in [0.1, 0.15) is 12.7 Å². The molecule has 3 rings (SSSR count). The van der Waals surface area contributed by atoms with Gasteiger partial charge in [-0.25, -0.2) is 4.98 Å². The van der Waals surface area contributed by atoms with Crippen molar-refractivity contribution in [1.82, 2.24) is 25.1 Å². The van der Waals surface area contributed by atoms with E-state index in [2.05, 4.69) is 27.3 Å².